The lowest BCUT2D eigenvalue weighted by atomic mass is 10.1. The molecule has 1 fully saturated rings. The smallest absolute Gasteiger partial charge is 0.405 e. The molecule has 3 aromatic rings. The van der Waals surface area contributed by atoms with E-state index in [0.717, 1.165) is 0 Å². The number of hydrogen-bond acceptors (Lipinski definition) is 6. The summed E-state index contributed by atoms with van der Waals surface area (Å²) in [6.45, 7) is 1.54. The van der Waals surface area contributed by atoms with Crippen LogP contribution in [0, 0.1) is 5.82 Å². The van der Waals surface area contributed by atoms with Crippen LogP contribution in [0.4, 0.5) is 23.4 Å². The van der Waals surface area contributed by atoms with Crippen LogP contribution in [0.15, 0.2) is 65.7 Å². The minimum atomic E-state index is -4.50. The first-order valence-corrected chi connectivity index (χ1v) is 11.5. The number of benzene rings is 1. The van der Waals surface area contributed by atoms with Gasteiger partial charge in [0.05, 0.1) is 12.2 Å². The van der Waals surface area contributed by atoms with Crippen molar-refractivity contribution in [3.8, 4) is 11.5 Å². The second-order valence-corrected chi connectivity index (χ2v) is 8.68. The van der Waals surface area contributed by atoms with E-state index in [1.54, 1.807) is 13.0 Å². The van der Waals surface area contributed by atoms with E-state index >= 15 is 0 Å². The largest absolute Gasteiger partial charge is 0.456 e. The maximum absolute atomic E-state index is 13.9. The van der Waals surface area contributed by atoms with Gasteiger partial charge in [-0.25, -0.2) is 9.37 Å². The Bertz CT molecular complexity index is 1240. The minimum absolute atomic E-state index is 0.0195. The van der Waals surface area contributed by atoms with Crippen molar-refractivity contribution in [1.82, 2.24) is 19.8 Å². The molecule has 2 atom stereocenters. The van der Waals surface area contributed by atoms with Gasteiger partial charge in [-0.05, 0) is 48.9 Å². The van der Waals surface area contributed by atoms with E-state index in [9.17, 15) is 27.2 Å². The number of nitrogens with zero attached hydrogens (tertiary/aromatic N) is 3. The number of alkyl halides is 3. The molecule has 12 heteroatoms. The van der Waals surface area contributed by atoms with E-state index in [1.165, 1.54) is 64.7 Å². The first-order valence-electron chi connectivity index (χ1n) is 11.5. The molecule has 3 heterocycles. The summed E-state index contributed by atoms with van der Waals surface area (Å²) in [7, 11) is 0. The lowest BCUT2D eigenvalue weighted by Gasteiger charge is -2.43. The SMILES string of the molecule is CC(C(=O)Nc1ccc(Oc2ccc(F)cc2)cn1)N1CCN(Cc2ccc(=O)[nH]c2)[C@@H](C(F)(F)F)C1. The van der Waals surface area contributed by atoms with Crippen LogP contribution >= 0.6 is 0 Å². The van der Waals surface area contributed by atoms with Crippen molar-refractivity contribution in [3.63, 3.8) is 0 Å². The molecule has 0 aliphatic carbocycles. The van der Waals surface area contributed by atoms with Gasteiger partial charge >= 0.3 is 6.18 Å². The Morgan fingerprint density at radius 2 is 1.86 bits per heavy atom. The van der Waals surface area contributed by atoms with Gasteiger partial charge in [-0.2, -0.15) is 13.2 Å². The standard InChI is InChI=1S/C25H25F4N5O3/c1-16(24(36)32-22-8-7-20(13-30-22)37-19-5-3-18(26)4-6-19)33-10-11-34(21(15-33)25(27,28)29)14-17-2-9-23(35)31-12-17/h2-9,12-13,16,21H,10-11,14-15H2,1H3,(H,31,35)(H,30,32,36)/t16?,21-/m1/s1. The average molecular weight is 519 g/mol. The molecule has 8 nitrogen and oxygen atoms in total. The summed E-state index contributed by atoms with van der Waals surface area (Å²) >= 11 is 0. The van der Waals surface area contributed by atoms with Crippen molar-refractivity contribution in [1.29, 1.82) is 0 Å². The Hall–Kier alpha value is -3.77. The molecule has 1 aliphatic heterocycles. The summed E-state index contributed by atoms with van der Waals surface area (Å²) in [5.74, 6) is 0.105. The maximum Gasteiger partial charge on any atom is 0.405 e. The Kier molecular flexibility index (Phi) is 7.89. The summed E-state index contributed by atoms with van der Waals surface area (Å²) in [5, 5.41) is 2.62. The number of halogens is 4. The molecule has 0 spiro atoms. The highest BCUT2D eigenvalue weighted by Crippen LogP contribution is 2.30. The highest BCUT2D eigenvalue weighted by molar-refractivity contribution is 5.93. The number of hydrogen-bond donors (Lipinski definition) is 2. The number of amides is 1. The fourth-order valence-electron chi connectivity index (χ4n) is 4.02. The van der Waals surface area contributed by atoms with E-state index in [2.05, 4.69) is 15.3 Å². The summed E-state index contributed by atoms with van der Waals surface area (Å²) in [6.07, 6.45) is -1.72. The van der Waals surface area contributed by atoms with Gasteiger partial charge in [0.25, 0.3) is 0 Å². The topological polar surface area (TPSA) is 90.6 Å². The van der Waals surface area contributed by atoms with Crippen molar-refractivity contribution in [2.45, 2.75) is 31.7 Å². The molecule has 37 heavy (non-hydrogen) atoms. The number of nitrogens with one attached hydrogen (secondary N) is 2. The lowest BCUT2D eigenvalue weighted by molar-refractivity contribution is -0.201. The number of carbonyl (C=O) groups excluding carboxylic acids is 1. The average Bonchev–Trinajstić information content (AvgIpc) is 2.87. The summed E-state index contributed by atoms with van der Waals surface area (Å²) < 4.78 is 60.2. The normalized spacial score (nSPS) is 17.8. The van der Waals surface area contributed by atoms with Crippen LogP contribution in [0.2, 0.25) is 0 Å². The van der Waals surface area contributed by atoms with Crippen LogP contribution in [0.3, 0.4) is 0 Å². The van der Waals surface area contributed by atoms with Crippen LogP contribution in [0.25, 0.3) is 0 Å². The molecule has 196 valence electrons. The number of piperazine rings is 1. The lowest BCUT2D eigenvalue weighted by Crippen LogP contribution is -2.61. The van der Waals surface area contributed by atoms with Gasteiger partial charge in [-0.3, -0.25) is 19.4 Å². The molecule has 1 amide bonds. The summed E-state index contributed by atoms with van der Waals surface area (Å²) in [5.41, 5.74) is 0.233. The van der Waals surface area contributed by atoms with Gasteiger partial charge in [0, 0.05) is 38.4 Å². The van der Waals surface area contributed by atoms with E-state index in [-0.39, 0.29) is 37.6 Å². The first-order chi connectivity index (χ1) is 17.6. The third-order valence-corrected chi connectivity index (χ3v) is 6.10. The molecule has 0 radical (unpaired) electrons. The van der Waals surface area contributed by atoms with Crippen molar-refractivity contribution in [2.24, 2.45) is 0 Å². The van der Waals surface area contributed by atoms with Crippen LogP contribution in [-0.2, 0) is 11.3 Å². The van der Waals surface area contributed by atoms with Crippen LogP contribution in [0.1, 0.15) is 12.5 Å². The second-order valence-electron chi connectivity index (χ2n) is 8.68. The molecule has 2 N–H and O–H groups in total. The number of rotatable bonds is 7. The third-order valence-electron chi connectivity index (χ3n) is 6.10. The summed E-state index contributed by atoms with van der Waals surface area (Å²) in [4.78, 5) is 33.4. The molecule has 1 saturated heterocycles. The zero-order chi connectivity index (χ0) is 26.6. The number of pyridine rings is 2. The van der Waals surface area contributed by atoms with Gasteiger partial charge in [0.2, 0.25) is 11.5 Å². The number of anilines is 1. The molecule has 4 rings (SSSR count). The van der Waals surface area contributed by atoms with Crippen molar-refractivity contribution >= 4 is 11.7 Å². The number of aromatic amines is 1. The van der Waals surface area contributed by atoms with Gasteiger partial charge in [0.1, 0.15) is 29.2 Å². The van der Waals surface area contributed by atoms with E-state index in [0.29, 0.717) is 17.1 Å². The Balaban J connectivity index is 1.36. The fraction of sp³-hybridized carbons (Fsp3) is 0.320. The molecule has 2 aromatic heterocycles. The van der Waals surface area contributed by atoms with E-state index in [4.69, 9.17) is 4.74 Å². The molecule has 1 aliphatic rings. The van der Waals surface area contributed by atoms with Gasteiger partial charge in [0.15, 0.2) is 0 Å². The number of ether oxygens (including phenoxy) is 1. The Labute approximate surface area is 209 Å². The molecule has 0 bridgehead atoms. The monoisotopic (exact) mass is 519 g/mol. The van der Waals surface area contributed by atoms with Crippen molar-refractivity contribution in [2.75, 3.05) is 25.0 Å². The molecular weight excluding hydrogens is 494 g/mol. The number of carbonyl (C=O) groups is 1. The molecule has 1 aromatic carbocycles. The highest BCUT2D eigenvalue weighted by Gasteiger charge is 2.47. The third kappa shape index (κ3) is 6.92. The minimum Gasteiger partial charge on any atom is -0.456 e. The second kappa shape index (κ2) is 11.1. The van der Waals surface area contributed by atoms with E-state index in [1.807, 2.05) is 0 Å². The fourth-order valence-corrected chi connectivity index (χ4v) is 4.02. The quantitative estimate of drug-likeness (QED) is 0.462. The predicted octanol–water partition coefficient (Wildman–Crippen LogP) is 3.78. The van der Waals surface area contributed by atoms with Crippen molar-refractivity contribution in [3.05, 3.63) is 82.7 Å². The Morgan fingerprint density at radius 3 is 2.49 bits per heavy atom. The predicted molar refractivity (Wildman–Crippen MR) is 128 cm³/mol. The molecule has 0 saturated carbocycles. The highest BCUT2D eigenvalue weighted by atomic mass is 19.4. The van der Waals surface area contributed by atoms with Crippen LogP contribution in [0.5, 0.6) is 11.5 Å². The molecular formula is C25H25F4N5O3. The van der Waals surface area contributed by atoms with E-state index < -0.39 is 30.0 Å². The first kappa shape index (κ1) is 26.3. The van der Waals surface area contributed by atoms with Crippen molar-refractivity contribution < 1.29 is 27.1 Å². The maximum atomic E-state index is 13.9. The number of aromatic nitrogens is 2. The van der Waals surface area contributed by atoms with Crippen LogP contribution < -0.4 is 15.6 Å². The van der Waals surface area contributed by atoms with Gasteiger partial charge in [-0.15, -0.1) is 0 Å². The molecule has 1 unspecified atom stereocenters. The zero-order valence-electron chi connectivity index (χ0n) is 19.8. The number of H-pyrrole nitrogens is 1. The van der Waals surface area contributed by atoms with Crippen LogP contribution in [-0.4, -0.2) is 63.6 Å². The Morgan fingerprint density at radius 1 is 1.14 bits per heavy atom. The zero-order valence-corrected chi connectivity index (χ0v) is 19.8. The summed E-state index contributed by atoms with van der Waals surface area (Å²) in [6, 6.07) is 8.66. The van der Waals surface area contributed by atoms with Gasteiger partial charge < -0.3 is 15.0 Å². The van der Waals surface area contributed by atoms with Gasteiger partial charge in [-0.1, -0.05) is 6.07 Å².